The van der Waals surface area contributed by atoms with Gasteiger partial charge in [0.2, 0.25) is 0 Å². The van der Waals surface area contributed by atoms with Crippen molar-refractivity contribution in [2.45, 2.75) is 209 Å². The van der Waals surface area contributed by atoms with E-state index in [1.54, 1.807) is 15.9 Å². The predicted octanol–water partition coefficient (Wildman–Crippen LogP) is 24.9. The molecule has 0 spiro atoms. The van der Waals surface area contributed by atoms with Crippen molar-refractivity contribution in [3.63, 3.8) is 0 Å². The van der Waals surface area contributed by atoms with Crippen molar-refractivity contribution in [3.05, 3.63) is 261 Å². The fourth-order valence-electron chi connectivity index (χ4n) is 14.2. The number of benzene rings is 8. The molecule has 9 heteroatoms. The van der Waals surface area contributed by atoms with E-state index >= 15 is 0 Å². The number of hydrogen-bond donors (Lipinski definition) is 0. The van der Waals surface area contributed by atoms with Gasteiger partial charge in [-0.3, -0.25) is 0 Å². The van der Waals surface area contributed by atoms with E-state index in [-0.39, 0.29) is 43.3 Å². The van der Waals surface area contributed by atoms with Gasteiger partial charge in [-0.1, -0.05) is 360 Å². The molecule has 0 N–H and O–H groups in total. The number of fused-ring (bicyclic) bond motifs is 9. The number of nitrogens with zero attached hydrogens (tertiary/aromatic N) is 7. The quantitative estimate of drug-likeness (QED) is 0.138. The van der Waals surface area contributed by atoms with Crippen LogP contribution in [0.4, 0.5) is 0 Å². The third-order valence-corrected chi connectivity index (χ3v) is 20.9. The topological polar surface area (TPSA) is 111 Å². The van der Waals surface area contributed by atoms with Gasteiger partial charge in [0.15, 0.2) is 0 Å². The van der Waals surface area contributed by atoms with E-state index in [9.17, 15) is 0 Å². The Kier molecular flexibility index (Phi) is 19.7. The Hall–Kier alpha value is -9.40. The van der Waals surface area contributed by atoms with Crippen LogP contribution < -0.4 is 15.0 Å². The summed E-state index contributed by atoms with van der Waals surface area (Å²) >= 11 is 1.69. The standard InChI is InChI=1S/C96H104N7.Mn.O/c1-89(2,3)65-41-25-57(26-42-65)73-75(59-29-45-67(46-30-59)91(7,8)9)83-97-81(73)82-74(58-27-43-66(44-28-58)90(4,5)6)76(60-31-47-68(48-32-60)92(10,11)12)84(98-82)100-86-78(62-35-51-70(52-36-62)94(16,17)18)80(64-39-55-72(56-40-64)96(22,23)24)88(102-86)103-87-79(63-37-53-71(54-38-63)95(19,20)21)77(85(99-83)101-87)61-33-49-69(50-34-61)93(13,14)15;;/h25-56H,1-24H3;;/q-3;;. The van der Waals surface area contributed by atoms with Gasteiger partial charge in [-0.15, -0.1) is 0 Å². The van der Waals surface area contributed by atoms with Crippen molar-refractivity contribution in [2.24, 2.45) is 0 Å². The predicted molar refractivity (Wildman–Crippen MR) is 437 cm³/mol. The average Bonchev–Trinajstić information content (AvgIpc) is 1.57. The molecule has 8 nitrogen and oxygen atoms in total. The zero-order valence-corrected chi connectivity index (χ0v) is 67.6. The Morgan fingerprint density at radius 1 is 0.200 bits per heavy atom. The molecule has 0 fully saturated rings. The Bertz CT molecular complexity index is 5360. The number of hydrogen-bond acceptors (Lipinski definition) is 5. The number of rotatable bonds is 8. The molecule has 0 unspecified atom stereocenters. The zero-order valence-electron chi connectivity index (χ0n) is 66.4. The van der Waals surface area contributed by atoms with Crippen molar-refractivity contribution in [3.8, 4) is 66.8 Å². The van der Waals surface area contributed by atoms with E-state index in [1.807, 2.05) is 0 Å². The first-order valence-electron chi connectivity index (χ1n) is 37.1. The van der Waals surface area contributed by atoms with E-state index in [2.05, 4.69) is 360 Å². The Labute approximate surface area is 633 Å². The zero-order chi connectivity index (χ0) is 76.1. The van der Waals surface area contributed by atoms with Crippen LogP contribution in [0.1, 0.15) is 233 Å². The van der Waals surface area contributed by atoms with Crippen LogP contribution >= 0.6 is 0 Å². The van der Waals surface area contributed by atoms with Crippen molar-refractivity contribution in [1.29, 1.82) is 0 Å². The molecule has 12 aromatic rings. The summed E-state index contributed by atoms with van der Waals surface area (Å²) in [5.41, 5.74) is 26.8. The first kappa shape index (κ1) is 75.3. The summed E-state index contributed by atoms with van der Waals surface area (Å²) in [6, 6.07) is 72.3. The van der Waals surface area contributed by atoms with Crippen LogP contribution in [0.2, 0.25) is 0 Å². The van der Waals surface area contributed by atoms with Gasteiger partial charge >= 0.3 is 19.8 Å². The summed E-state index contributed by atoms with van der Waals surface area (Å²) in [5.74, 6) is 0.963. The summed E-state index contributed by atoms with van der Waals surface area (Å²) in [6.45, 7) is 54.4. The molecular formula is C96H104MnN7O-3. The monoisotopic (exact) mass is 1430 g/mol. The molecule has 4 aromatic heterocycles. The third-order valence-electron chi connectivity index (χ3n) is 20.9. The molecule has 105 heavy (non-hydrogen) atoms. The molecule has 0 radical (unpaired) electrons. The van der Waals surface area contributed by atoms with E-state index in [0.717, 1.165) is 89.0 Å². The van der Waals surface area contributed by atoms with Crippen LogP contribution in [0.5, 0.6) is 0 Å². The molecule has 1 aliphatic heterocycles. The molecule has 5 heterocycles. The molecule has 1 aliphatic rings. The van der Waals surface area contributed by atoms with Gasteiger partial charge in [0, 0.05) is 22.4 Å². The molecule has 0 amide bonds. The van der Waals surface area contributed by atoms with Crippen LogP contribution in [0.3, 0.4) is 0 Å². The van der Waals surface area contributed by atoms with Gasteiger partial charge in [0.25, 0.3) is 0 Å². The first-order valence-corrected chi connectivity index (χ1v) is 37.6. The van der Waals surface area contributed by atoms with Crippen molar-refractivity contribution in [1.82, 2.24) is 34.9 Å². The van der Waals surface area contributed by atoms with E-state index in [4.69, 9.17) is 38.7 Å². The van der Waals surface area contributed by atoms with Gasteiger partial charge < -0.3 is 29.9 Å². The van der Waals surface area contributed by atoms with Gasteiger partial charge in [0.05, 0.1) is 11.6 Å². The summed E-state index contributed by atoms with van der Waals surface area (Å²) < 4.78 is 8.06. The second kappa shape index (κ2) is 27.5. The molecule has 13 rings (SSSR count). The fraction of sp³-hybridized carbons (Fsp3) is 0.333. The van der Waals surface area contributed by atoms with Crippen molar-refractivity contribution in [2.75, 3.05) is 0 Å². The van der Waals surface area contributed by atoms with Crippen LogP contribution in [0, 0.1) is 0 Å². The van der Waals surface area contributed by atoms with E-state index < -0.39 is 0 Å². The normalized spacial score (nSPS) is 13.2. The van der Waals surface area contributed by atoms with Gasteiger partial charge in [0.1, 0.15) is 0 Å². The SMILES string of the molecule is CC(C)(C)c1ccc(C2=C(c3ccc(C(C)(C)C)cc3)c3nc2nc2[n-]c(nc4[n-]c(c(-c5ccc(C(C)(C)C)cc5)c4-c4ccc(C(C)(C)C)cc4)c4[n-]c(n3)c(-c3ccc(C(C)(C)C)cc3)c4-c3ccc(C(C)(C)C)cc3)c(-c3ccc(C(C)(C)C)cc3)c2-c2ccc(C(C)(C)C)cc2)cc1.[O]=[Mn]. The maximum absolute atomic E-state index is 8.06. The number of aromatic nitrogens is 7. The van der Waals surface area contributed by atoms with Crippen molar-refractivity contribution < 1.29 is 19.8 Å². The van der Waals surface area contributed by atoms with Crippen LogP contribution in [0.15, 0.2) is 194 Å². The van der Waals surface area contributed by atoms with Gasteiger partial charge in [-0.2, -0.15) is 0 Å². The average molecular weight is 1430 g/mol. The maximum atomic E-state index is 8.06. The minimum absolute atomic E-state index is 0.110. The Morgan fingerprint density at radius 3 is 0.571 bits per heavy atom. The molecule has 0 aliphatic carbocycles. The van der Waals surface area contributed by atoms with Gasteiger partial charge in [-0.25, -0.2) is 4.98 Å². The minimum atomic E-state index is -0.118. The third kappa shape index (κ3) is 15.3. The molecule has 0 saturated carbocycles. The summed E-state index contributed by atoms with van der Waals surface area (Å²) in [7, 11) is 0. The molecular weight excluding hydrogens is 1320 g/mol. The van der Waals surface area contributed by atoms with Crippen LogP contribution in [0.25, 0.3) is 112 Å². The second-order valence-electron chi connectivity index (χ2n) is 37.0. The molecule has 8 aromatic carbocycles. The molecule has 0 saturated heterocycles. The van der Waals surface area contributed by atoms with Crippen LogP contribution in [-0.2, 0) is 63.1 Å². The summed E-state index contributed by atoms with van der Waals surface area (Å²) in [4.78, 5) is 41.9. The molecule has 539 valence electrons. The summed E-state index contributed by atoms with van der Waals surface area (Å²) in [5, 5.41) is 0. The van der Waals surface area contributed by atoms with Crippen molar-refractivity contribution >= 4 is 44.8 Å². The van der Waals surface area contributed by atoms with E-state index in [1.165, 1.54) is 44.5 Å². The first-order chi connectivity index (χ1) is 49.1. The van der Waals surface area contributed by atoms with Gasteiger partial charge in [-0.05, 0) is 188 Å². The molecule has 0 atom stereocenters. The Balaban J connectivity index is 0.00000513. The second-order valence-corrected chi connectivity index (χ2v) is 37.0. The Morgan fingerprint density at radius 2 is 0.362 bits per heavy atom. The van der Waals surface area contributed by atoms with E-state index in [0.29, 0.717) is 45.3 Å². The molecule has 8 bridgehead atoms. The van der Waals surface area contributed by atoms with Crippen LogP contribution in [-0.4, -0.2) is 19.9 Å². The fourth-order valence-corrected chi connectivity index (χ4v) is 14.2. The summed E-state index contributed by atoms with van der Waals surface area (Å²) in [6.07, 6.45) is 0.